The minimum atomic E-state index is -0.101. The molecule has 0 spiro atoms. The molecule has 3 heteroatoms. The maximum Gasteiger partial charge on any atom is 0.107 e. The summed E-state index contributed by atoms with van der Waals surface area (Å²) in [7, 11) is 0. The Labute approximate surface area is 73.4 Å². The van der Waals surface area contributed by atoms with Crippen LogP contribution in [0.1, 0.15) is 20.3 Å². The highest BCUT2D eigenvalue weighted by Gasteiger charge is 2.45. The van der Waals surface area contributed by atoms with Crippen LogP contribution in [0.5, 0.6) is 0 Å². The van der Waals surface area contributed by atoms with Gasteiger partial charge < -0.3 is 14.8 Å². The highest BCUT2D eigenvalue weighted by Crippen LogP contribution is 2.31. The van der Waals surface area contributed by atoms with Gasteiger partial charge in [-0.15, -0.1) is 0 Å². The molecule has 0 radical (unpaired) electrons. The second-order valence-electron chi connectivity index (χ2n) is 3.86. The fourth-order valence-electron chi connectivity index (χ4n) is 2.12. The van der Waals surface area contributed by atoms with Crippen LogP contribution in [0, 0.1) is 0 Å². The first-order chi connectivity index (χ1) is 5.73. The molecule has 2 fully saturated rings. The van der Waals surface area contributed by atoms with E-state index in [0.29, 0.717) is 12.1 Å². The van der Waals surface area contributed by atoms with Crippen molar-refractivity contribution in [2.75, 3.05) is 19.8 Å². The van der Waals surface area contributed by atoms with Crippen LogP contribution in [0.25, 0.3) is 0 Å². The predicted octanol–water partition coefficient (Wildman–Crippen LogP) is 0.542. The quantitative estimate of drug-likeness (QED) is 0.577. The molecule has 0 aromatic heterocycles. The molecule has 0 bridgehead atoms. The van der Waals surface area contributed by atoms with Crippen LogP contribution in [0.2, 0.25) is 0 Å². The van der Waals surface area contributed by atoms with Gasteiger partial charge in [-0.1, -0.05) is 0 Å². The largest absolute Gasteiger partial charge is 0.373 e. The zero-order valence-electron chi connectivity index (χ0n) is 7.80. The molecule has 2 aliphatic rings. The van der Waals surface area contributed by atoms with Gasteiger partial charge >= 0.3 is 0 Å². The molecule has 12 heavy (non-hydrogen) atoms. The van der Waals surface area contributed by atoms with E-state index in [4.69, 9.17) is 9.47 Å². The second kappa shape index (κ2) is 2.98. The molecule has 3 nitrogen and oxygen atoms in total. The molecule has 0 aromatic rings. The Hall–Kier alpha value is -0.120. The van der Waals surface area contributed by atoms with Crippen molar-refractivity contribution >= 4 is 0 Å². The van der Waals surface area contributed by atoms with Crippen molar-refractivity contribution in [3.63, 3.8) is 0 Å². The van der Waals surface area contributed by atoms with Gasteiger partial charge in [0.15, 0.2) is 0 Å². The normalized spacial score (nSPS) is 48.5. The Morgan fingerprint density at radius 3 is 3.00 bits per heavy atom. The third kappa shape index (κ3) is 1.16. The number of ether oxygens (including phenoxy) is 2. The van der Waals surface area contributed by atoms with Gasteiger partial charge in [0, 0.05) is 6.04 Å². The monoisotopic (exact) mass is 171 g/mol. The van der Waals surface area contributed by atoms with Gasteiger partial charge in [0.2, 0.25) is 0 Å². The van der Waals surface area contributed by atoms with E-state index in [-0.39, 0.29) is 5.60 Å². The topological polar surface area (TPSA) is 30.5 Å². The summed E-state index contributed by atoms with van der Waals surface area (Å²) in [5.41, 5.74) is -0.101. The second-order valence-corrected chi connectivity index (χ2v) is 3.86. The fraction of sp³-hybridized carbons (Fsp3) is 1.00. The van der Waals surface area contributed by atoms with Gasteiger partial charge in [-0.05, 0) is 26.8 Å². The van der Waals surface area contributed by atoms with Gasteiger partial charge in [0.1, 0.15) is 5.60 Å². The third-order valence-electron chi connectivity index (χ3n) is 3.17. The summed E-state index contributed by atoms with van der Waals surface area (Å²) < 4.78 is 11.5. The Bertz CT molecular complexity index is 172. The van der Waals surface area contributed by atoms with Crippen molar-refractivity contribution in [3.8, 4) is 0 Å². The van der Waals surface area contributed by atoms with E-state index < -0.39 is 0 Å². The van der Waals surface area contributed by atoms with Crippen LogP contribution in [-0.2, 0) is 9.47 Å². The van der Waals surface area contributed by atoms with Crippen LogP contribution >= 0.6 is 0 Å². The van der Waals surface area contributed by atoms with E-state index in [1.807, 2.05) is 0 Å². The zero-order chi connectivity index (χ0) is 8.60. The molecular formula is C9H17NO2. The van der Waals surface area contributed by atoms with Gasteiger partial charge in [0.25, 0.3) is 0 Å². The van der Waals surface area contributed by atoms with Crippen molar-refractivity contribution in [3.05, 3.63) is 0 Å². The van der Waals surface area contributed by atoms with Crippen molar-refractivity contribution in [1.29, 1.82) is 0 Å². The minimum Gasteiger partial charge on any atom is -0.373 e. The van der Waals surface area contributed by atoms with Crippen molar-refractivity contribution < 1.29 is 9.47 Å². The van der Waals surface area contributed by atoms with Crippen molar-refractivity contribution in [1.82, 2.24) is 5.32 Å². The number of fused-ring (bicyclic) bond motifs is 1. The molecule has 1 N–H and O–H groups in total. The Balaban J connectivity index is 2.14. The van der Waals surface area contributed by atoms with E-state index in [9.17, 15) is 0 Å². The van der Waals surface area contributed by atoms with E-state index in [2.05, 4.69) is 19.2 Å². The smallest absolute Gasteiger partial charge is 0.107 e. The molecule has 2 rings (SSSR count). The molecule has 0 aromatic carbocycles. The Kier molecular flexibility index (Phi) is 2.10. The summed E-state index contributed by atoms with van der Waals surface area (Å²) in [6.07, 6.45) is 1.36. The Morgan fingerprint density at radius 2 is 2.25 bits per heavy atom. The van der Waals surface area contributed by atoms with Gasteiger partial charge in [-0.3, -0.25) is 0 Å². The minimum absolute atomic E-state index is 0.101. The highest BCUT2D eigenvalue weighted by molar-refractivity contribution is 4.99. The first kappa shape index (κ1) is 8.48. The standard InChI is InChI=1S/C9H17NO2/c1-7-9(2)8(3-4-10-7)11-5-6-12-9/h7-8,10H,3-6H2,1-2H3. The maximum absolute atomic E-state index is 5.79. The molecule has 2 heterocycles. The summed E-state index contributed by atoms with van der Waals surface area (Å²) in [6, 6.07) is 0.400. The zero-order valence-corrected chi connectivity index (χ0v) is 7.80. The molecule has 70 valence electrons. The van der Waals surface area contributed by atoms with Crippen LogP contribution < -0.4 is 5.32 Å². The molecule has 3 atom stereocenters. The average molecular weight is 171 g/mol. The lowest BCUT2D eigenvalue weighted by molar-refractivity contribution is -0.217. The summed E-state index contributed by atoms with van der Waals surface area (Å²) in [5, 5.41) is 3.42. The molecule has 0 amide bonds. The SMILES string of the molecule is CC1NCCC2OCCOC12C. The predicted molar refractivity (Wildman–Crippen MR) is 46.2 cm³/mol. The van der Waals surface area contributed by atoms with E-state index in [1.165, 1.54) is 0 Å². The van der Waals surface area contributed by atoms with Crippen LogP contribution in [-0.4, -0.2) is 37.5 Å². The average Bonchev–Trinajstić information content (AvgIpc) is 2.07. The fourth-order valence-corrected chi connectivity index (χ4v) is 2.12. The van der Waals surface area contributed by atoms with Gasteiger partial charge in [-0.2, -0.15) is 0 Å². The van der Waals surface area contributed by atoms with Gasteiger partial charge in [-0.25, -0.2) is 0 Å². The number of piperidine rings is 1. The molecule has 2 saturated heterocycles. The van der Waals surface area contributed by atoms with Crippen LogP contribution in [0.3, 0.4) is 0 Å². The number of nitrogens with one attached hydrogen (secondary N) is 1. The number of hydrogen-bond acceptors (Lipinski definition) is 3. The summed E-state index contributed by atoms with van der Waals surface area (Å²) >= 11 is 0. The van der Waals surface area contributed by atoms with Gasteiger partial charge in [0.05, 0.1) is 19.3 Å². The molecule has 0 saturated carbocycles. The first-order valence-electron chi connectivity index (χ1n) is 4.72. The molecule has 0 aliphatic carbocycles. The molecule has 3 unspecified atom stereocenters. The lowest BCUT2D eigenvalue weighted by Crippen LogP contribution is -2.64. The lowest BCUT2D eigenvalue weighted by atomic mass is 9.85. The van der Waals surface area contributed by atoms with E-state index in [0.717, 1.165) is 26.2 Å². The molecular weight excluding hydrogens is 154 g/mol. The lowest BCUT2D eigenvalue weighted by Gasteiger charge is -2.48. The number of hydrogen-bond donors (Lipinski definition) is 1. The number of rotatable bonds is 0. The summed E-state index contributed by atoms with van der Waals surface area (Å²) in [4.78, 5) is 0. The summed E-state index contributed by atoms with van der Waals surface area (Å²) in [5.74, 6) is 0. The summed E-state index contributed by atoms with van der Waals surface area (Å²) in [6.45, 7) is 6.85. The third-order valence-corrected chi connectivity index (χ3v) is 3.17. The highest BCUT2D eigenvalue weighted by atomic mass is 16.6. The van der Waals surface area contributed by atoms with Crippen LogP contribution in [0.15, 0.2) is 0 Å². The Morgan fingerprint density at radius 1 is 1.42 bits per heavy atom. The van der Waals surface area contributed by atoms with Crippen LogP contribution in [0.4, 0.5) is 0 Å². The van der Waals surface area contributed by atoms with Crippen molar-refractivity contribution in [2.24, 2.45) is 0 Å². The first-order valence-corrected chi connectivity index (χ1v) is 4.72. The maximum atomic E-state index is 5.79. The van der Waals surface area contributed by atoms with E-state index in [1.54, 1.807) is 0 Å². The van der Waals surface area contributed by atoms with E-state index >= 15 is 0 Å². The van der Waals surface area contributed by atoms with Crippen molar-refractivity contribution in [2.45, 2.75) is 38.0 Å². The molecule has 2 aliphatic heterocycles.